The van der Waals surface area contributed by atoms with E-state index in [0.29, 0.717) is 5.92 Å². The number of rotatable bonds is 3. The SMILES string of the molecule is CC(c1ccccn1)C(Cl)C1CC1. The van der Waals surface area contributed by atoms with E-state index in [1.807, 2.05) is 18.3 Å². The van der Waals surface area contributed by atoms with Crippen molar-refractivity contribution in [2.45, 2.75) is 31.1 Å². The van der Waals surface area contributed by atoms with E-state index in [1.54, 1.807) is 0 Å². The van der Waals surface area contributed by atoms with E-state index in [4.69, 9.17) is 11.6 Å². The van der Waals surface area contributed by atoms with Crippen molar-refractivity contribution in [3.05, 3.63) is 30.1 Å². The first-order valence-corrected chi connectivity index (χ1v) is 5.27. The molecule has 0 bridgehead atoms. The summed E-state index contributed by atoms with van der Waals surface area (Å²) >= 11 is 6.32. The summed E-state index contributed by atoms with van der Waals surface area (Å²) in [6, 6.07) is 6.02. The summed E-state index contributed by atoms with van der Waals surface area (Å²) in [5.74, 6) is 1.12. The predicted molar refractivity (Wildman–Crippen MR) is 55.0 cm³/mol. The van der Waals surface area contributed by atoms with Gasteiger partial charge in [-0.2, -0.15) is 0 Å². The second-order valence-corrected chi connectivity index (χ2v) is 4.33. The first-order valence-electron chi connectivity index (χ1n) is 4.84. The number of hydrogen-bond acceptors (Lipinski definition) is 1. The van der Waals surface area contributed by atoms with Gasteiger partial charge in [-0.1, -0.05) is 13.0 Å². The van der Waals surface area contributed by atoms with Crippen LogP contribution in [0.1, 0.15) is 31.4 Å². The Kier molecular flexibility index (Phi) is 2.54. The molecule has 0 N–H and O–H groups in total. The average molecular weight is 196 g/mol. The molecule has 0 saturated heterocycles. The molecule has 1 aliphatic carbocycles. The second kappa shape index (κ2) is 3.67. The zero-order chi connectivity index (χ0) is 9.26. The molecule has 1 heterocycles. The summed E-state index contributed by atoms with van der Waals surface area (Å²) in [5, 5.41) is 0.273. The van der Waals surface area contributed by atoms with Crippen LogP contribution in [0, 0.1) is 5.92 Å². The molecule has 1 fully saturated rings. The lowest BCUT2D eigenvalue weighted by molar-refractivity contribution is 0.615. The predicted octanol–water partition coefficient (Wildman–Crippen LogP) is 3.20. The Morgan fingerprint density at radius 3 is 2.77 bits per heavy atom. The molecule has 1 saturated carbocycles. The molecule has 0 spiro atoms. The third-order valence-corrected chi connectivity index (χ3v) is 3.44. The Bertz CT molecular complexity index is 269. The molecular weight excluding hydrogens is 182 g/mol. The average Bonchev–Trinajstić information content (AvgIpc) is 3.00. The van der Waals surface area contributed by atoms with Crippen LogP contribution in [0.15, 0.2) is 24.4 Å². The molecule has 0 aromatic carbocycles. The van der Waals surface area contributed by atoms with Crippen LogP contribution >= 0.6 is 11.6 Å². The Labute approximate surface area is 84.1 Å². The van der Waals surface area contributed by atoms with Gasteiger partial charge < -0.3 is 0 Å². The van der Waals surface area contributed by atoms with Crippen molar-refractivity contribution in [3.8, 4) is 0 Å². The molecule has 2 heteroatoms. The van der Waals surface area contributed by atoms with Gasteiger partial charge in [0.05, 0.1) is 0 Å². The minimum atomic E-state index is 0.273. The Morgan fingerprint density at radius 2 is 2.23 bits per heavy atom. The summed E-state index contributed by atoms with van der Waals surface area (Å²) in [6.07, 6.45) is 4.43. The highest BCUT2D eigenvalue weighted by Gasteiger charge is 2.34. The van der Waals surface area contributed by atoms with Gasteiger partial charge in [0.15, 0.2) is 0 Å². The minimum absolute atomic E-state index is 0.273. The lowest BCUT2D eigenvalue weighted by atomic mass is 9.99. The van der Waals surface area contributed by atoms with Gasteiger partial charge in [-0.05, 0) is 30.9 Å². The van der Waals surface area contributed by atoms with Crippen molar-refractivity contribution in [1.82, 2.24) is 4.98 Å². The van der Waals surface area contributed by atoms with Gasteiger partial charge in [0, 0.05) is 23.2 Å². The lowest BCUT2D eigenvalue weighted by Crippen LogP contribution is -2.12. The number of alkyl halides is 1. The summed E-state index contributed by atoms with van der Waals surface area (Å²) in [4.78, 5) is 4.33. The maximum absolute atomic E-state index is 6.32. The fourth-order valence-electron chi connectivity index (χ4n) is 1.63. The zero-order valence-corrected chi connectivity index (χ0v) is 8.54. The van der Waals surface area contributed by atoms with Gasteiger partial charge in [0.1, 0.15) is 0 Å². The third-order valence-electron chi connectivity index (χ3n) is 2.70. The van der Waals surface area contributed by atoms with E-state index < -0.39 is 0 Å². The van der Waals surface area contributed by atoms with Crippen molar-refractivity contribution in [1.29, 1.82) is 0 Å². The van der Waals surface area contributed by atoms with Crippen molar-refractivity contribution < 1.29 is 0 Å². The van der Waals surface area contributed by atoms with Crippen LogP contribution in [0.2, 0.25) is 0 Å². The smallest absolute Gasteiger partial charge is 0.0446 e. The fraction of sp³-hybridized carbons (Fsp3) is 0.545. The zero-order valence-electron chi connectivity index (χ0n) is 7.78. The van der Waals surface area contributed by atoms with Crippen LogP contribution in [0.25, 0.3) is 0 Å². The van der Waals surface area contributed by atoms with E-state index in [9.17, 15) is 0 Å². The van der Waals surface area contributed by atoms with E-state index in [0.717, 1.165) is 11.6 Å². The Hall–Kier alpha value is -0.560. The number of pyridine rings is 1. The summed E-state index contributed by atoms with van der Waals surface area (Å²) in [7, 11) is 0. The van der Waals surface area contributed by atoms with Gasteiger partial charge in [-0.25, -0.2) is 0 Å². The molecule has 0 radical (unpaired) electrons. The molecule has 1 nitrogen and oxygen atoms in total. The van der Waals surface area contributed by atoms with Crippen molar-refractivity contribution in [2.24, 2.45) is 5.92 Å². The minimum Gasteiger partial charge on any atom is -0.261 e. The third kappa shape index (κ3) is 2.02. The van der Waals surface area contributed by atoms with Gasteiger partial charge in [0.2, 0.25) is 0 Å². The fourth-order valence-corrected chi connectivity index (χ4v) is 2.01. The molecule has 13 heavy (non-hydrogen) atoms. The Balaban J connectivity index is 2.07. The number of halogens is 1. The molecule has 1 aromatic rings. The molecule has 2 unspecified atom stereocenters. The molecule has 1 aliphatic rings. The highest BCUT2D eigenvalue weighted by atomic mass is 35.5. The number of aromatic nitrogens is 1. The van der Waals surface area contributed by atoms with Crippen LogP contribution < -0.4 is 0 Å². The first-order chi connectivity index (χ1) is 6.29. The van der Waals surface area contributed by atoms with Gasteiger partial charge in [0.25, 0.3) is 0 Å². The van der Waals surface area contributed by atoms with Crippen molar-refractivity contribution in [2.75, 3.05) is 0 Å². The van der Waals surface area contributed by atoms with Crippen LogP contribution in [0.5, 0.6) is 0 Å². The standard InChI is InChI=1S/C11H14ClN/c1-8(11(12)9-5-6-9)10-4-2-3-7-13-10/h2-4,7-9,11H,5-6H2,1H3. The van der Waals surface area contributed by atoms with E-state index in [-0.39, 0.29) is 5.38 Å². The quantitative estimate of drug-likeness (QED) is 0.675. The van der Waals surface area contributed by atoms with Gasteiger partial charge in [-0.3, -0.25) is 4.98 Å². The van der Waals surface area contributed by atoms with Crippen LogP contribution in [-0.4, -0.2) is 10.4 Å². The molecule has 0 aliphatic heterocycles. The number of nitrogens with zero attached hydrogens (tertiary/aromatic N) is 1. The van der Waals surface area contributed by atoms with E-state index >= 15 is 0 Å². The largest absolute Gasteiger partial charge is 0.261 e. The molecule has 2 rings (SSSR count). The Morgan fingerprint density at radius 1 is 1.46 bits per heavy atom. The summed E-state index contributed by atoms with van der Waals surface area (Å²) in [6.45, 7) is 2.16. The maximum atomic E-state index is 6.32. The van der Waals surface area contributed by atoms with Crippen molar-refractivity contribution >= 4 is 11.6 Å². The highest BCUT2D eigenvalue weighted by Crippen LogP contribution is 2.41. The van der Waals surface area contributed by atoms with E-state index in [1.165, 1.54) is 12.8 Å². The van der Waals surface area contributed by atoms with E-state index in [2.05, 4.69) is 18.0 Å². The highest BCUT2D eigenvalue weighted by molar-refractivity contribution is 6.21. The lowest BCUT2D eigenvalue weighted by Gasteiger charge is -2.16. The topological polar surface area (TPSA) is 12.9 Å². The van der Waals surface area contributed by atoms with Gasteiger partial charge in [-0.15, -0.1) is 11.6 Å². The monoisotopic (exact) mass is 195 g/mol. The molecule has 2 atom stereocenters. The summed E-state index contributed by atoms with van der Waals surface area (Å²) < 4.78 is 0. The molecule has 1 aromatic heterocycles. The second-order valence-electron chi connectivity index (χ2n) is 3.83. The van der Waals surface area contributed by atoms with Crippen molar-refractivity contribution in [3.63, 3.8) is 0 Å². The maximum Gasteiger partial charge on any atom is 0.0446 e. The number of hydrogen-bond donors (Lipinski definition) is 0. The van der Waals surface area contributed by atoms with Crippen LogP contribution in [0.4, 0.5) is 0 Å². The first kappa shape index (κ1) is 9.01. The molecular formula is C11H14ClN. The van der Waals surface area contributed by atoms with Crippen LogP contribution in [0.3, 0.4) is 0 Å². The summed E-state index contributed by atoms with van der Waals surface area (Å²) in [5.41, 5.74) is 1.12. The molecule has 70 valence electrons. The van der Waals surface area contributed by atoms with Crippen LogP contribution in [-0.2, 0) is 0 Å². The normalized spacial score (nSPS) is 21.1. The molecule has 0 amide bonds. The van der Waals surface area contributed by atoms with Gasteiger partial charge >= 0.3 is 0 Å².